The minimum Gasteiger partial charge on any atom is -0.447 e. The largest absolute Gasteiger partial charge is 0.447 e. The number of carbonyl (C=O) groups excluding carboxylic acids is 1. The van der Waals surface area contributed by atoms with E-state index in [1.54, 1.807) is 24.5 Å². The molecule has 1 aliphatic carbocycles. The molecule has 1 aromatic carbocycles. The van der Waals surface area contributed by atoms with Gasteiger partial charge in [-0.2, -0.15) is 5.10 Å². The van der Waals surface area contributed by atoms with Crippen LogP contribution in [0.25, 0.3) is 21.7 Å². The zero-order chi connectivity index (χ0) is 26.8. The van der Waals surface area contributed by atoms with Crippen LogP contribution in [-0.4, -0.2) is 47.4 Å². The van der Waals surface area contributed by atoms with E-state index < -0.39 is 15.6 Å². The van der Waals surface area contributed by atoms with Gasteiger partial charge in [-0.3, -0.25) is 5.10 Å². The molecule has 0 unspecified atom stereocenters. The third kappa shape index (κ3) is 6.97. The van der Waals surface area contributed by atoms with Crippen LogP contribution in [0.2, 0.25) is 0 Å². The first-order valence-electron chi connectivity index (χ1n) is 12.5. The Hall–Kier alpha value is -2.76. The average Bonchev–Trinajstić information content (AvgIpc) is 3.50. The van der Waals surface area contributed by atoms with Crippen molar-refractivity contribution in [2.75, 3.05) is 0 Å². The number of rotatable bonds is 7. The molecule has 4 rings (SSSR count). The molecule has 200 valence electrons. The summed E-state index contributed by atoms with van der Waals surface area (Å²) in [5.74, 6) is 0.273. The van der Waals surface area contributed by atoms with Gasteiger partial charge in [-0.25, -0.2) is 22.9 Å². The van der Waals surface area contributed by atoms with Gasteiger partial charge in [-0.15, -0.1) is 11.3 Å². The zero-order valence-electron chi connectivity index (χ0n) is 21.9. The van der Waals surface area contributed by atoms with Crippen molar-refractivity contribution >= 4 is 27.5 Å². The van der Waals surface area contributed by atoms with Gasteiger partial charge in [-0.1, -0.05) is 12.1 Å². The van der Waals surface area contributed by atoms with E-state index in [9.17, 15) is 13.2 Å². The van der Waals surface area contributed by atoms with Gasteiger partial charge in [0.2, 0.25) is 10.0 Å². The first-order valence-corrected chi connectivity index (χ1v) is 14.8. The number of sulfonamides is 1. The summed E-state index contributed by atoms with van der Waals surface area (Å²) in [4.78, 5) is 17.6. The van der Waals surface area contributed by atoms with Crippen LogP contribution >= 0.6 is 11.3 Å². The molecule has 0 bridgehead atoms. The maximum absolute atomic E-state index is 13.5. The zero-order valence-corrected chi connectivity index (χ0v) is 23.5. The molecule has 1 fully saturated rings. The van der Waals surface area contributed by atoms with Crippen LogP contribution in [0.15, 0.2) is 41.6 Å². The standard InChI is InChI=1S/C26H35N5O4S2/c1-16(2)35-25(32)29-19-9-6-17(7-10-19)24-27-15-22(36-24)20-11-8-18(21-12-13-28-30-21)14-23(20)37(33,34)31-26(3,4)5/h8,11-17,19,31H,6-7,9-10H2,1-5H3,(H,28,30)(H,29,32). The Morgan fingerprint density at radius 1 is 1.16 bits per heavy atom. The van der Waals surface area contributed by atoms with Crippen molar-refractivity contribution in [3.8, 4) is 21.7 Å². The molecule has 0 spiro atoms. The van der Waals surface area contributed by atoms with Gasteiger partial charge < -0.3 is 10.1 Å². The maximum atomic E-state index is 13.5. The number of thiazole rings is 1. The van der Waals surface area contributed by atoms with E-state index in [1.165, 1.54) is 11.3 Å². The highest BCUT2D eigenvalue weighted by atomic mass is 32.2. The molecule has 2 heterocycles. The summed E-state index contributed by atoms with van der Waals surface area (Å²) in [7, 11) is -3.81. The molecule has 37 heavy (non-hydrogen) atoms. The number of nitrogens with zero attached hydrogens (tertiary/aromatic N) is 2. The summed E-state index contributed by atoms with van der Waals surface area (Å²) in [5.41, 5.74) is 1.47. The molecular weight excluding hydrogens is 510 g/mol. The SMILES string of the molecule is CC(C)OC(=O)NC1CCC(c2ncc(-c3ccc(-c4ccn[nH]4)cc3S(=O)(=O)NC(C)(C)C)s2)CC1. The molecule has 0 aliphatic heterocycles. The first-order chi connectivity index (χ1) is 17.4. The minimum atomic E-state index is -3.81. The van der Waals surface area contributed by atoms with Crippen LogP contribution in [-0.2, 0) is 14.8 Å². The summed E-state index contributed by atoms with van der Waals surface area (Å²) in [6, 6.07) is 7.32. The van der Waals surface area contributed by atoms with Crippen molar-refractivity contribution in [3.05, 3.63) is 41.7 Å². The predicted molar refractivity (Wildman–Crippen MR) is 145 cm³/mol. The van der Waals surface area contributed by atoms with E-state index in [1.807, 2.05) is 46.8 Å². The van der Waals surface area contributed by atoms with Crippen LogP contribution in [0.3, 0.4) is 0 Å². The molecule has 11 heteroatoms. The van der Waals surface area contributed by atoms with E-state index >= 15 is 0 Å². The molecule has 3 N–H and O–H groups in total. The van der Waals surface area contributed by atoms with Gasteiger partial charge in [0.15, 0.2) is 0 Å². The summed E-state index contributed by atoms with van der Waals surface area (Å²) < 4.78 is 34.9. The van der Waals surface area contributed by atoms with Crippen LogP contribution in [0.1, 0.15) is 71.2 Å². The van der Waals surface area contributed by atoms with E-state index in [2.05, 4.69) is 25.2 Å². The Morgan fingerprint density at radius 3 is 2.51 bits per heavy atom. The fourth-order valence-corrected chi connectivity index (χ4v) is 7.35. The van der Waals surface area contributed by atoms with Crippen LogP contribution in [0.5, 0.6) is 0 Å². The molecule has 3 aromatic rings. The van der Waals surface area contributed by atoms with Crippen molar-refractivity contribution in [1.82, 2.24) is 25.2 Å². The lowest BCUT2D eigenvalue weighted by molar-refractivity contribution is 0.109. The number of aromatic amines is 1. The molecule has 2 aromatic heterocycles. The Kier molecular flexibility index (Phi) is 8.05. The lowest BCUT2D eigenvalue weighted by Gasteiger charge is -2.28. The van der Waals surface area contributed by atoms with Gasteiger partial charge in [0.25, 0.3) is 0 Å². The van der Waals surface area contributed by atoms with Crippen molar-refractivity contribution in [2.45, 2.75) is 88.8 Å². The smallest absolute Gasteiger partial charge is 0.407 e. The molecule has 9 nitrogen and oxygen atoms in total. The van der Waals surface area contributed by atoms with Crippen LogP contribution < -0.4 is 10.0 Å². The van der Waals surface area contributed by atoms with E-state index in [4.69, 9.17) is 4.74 Å². The second kappa shape index (κ2) is 10.9. The lowest BCUT2D eigenvalue weighted by Crippen LogP contribution is -2.40. The predicted octanol–water partition coefficient (Wildman–Crippen LogP) is 5.44. The maximum Gasteiger partial charge on any atom is 0.407 e. The fourth-order valence-electron chi connectivity index (χ4n) is 4.49. The van der Waals surface area contributed by atoms with E-state index in [-0.39, 0.29) is 29.1 Å². The number of carbonyl (C=O) groups is 1. The second-order valence-corrected chi connectivity index (χ2v) is 13.5. The molecule has 0 saturated heterocycles. The summed E-state index contributed by atoms with van der Waals surface area (Å²) >= 11 is 1.53. The van der Waals surface area contributed by atoms with Gasteiger partial charge in [0, 0.05) is 41.0 Å². The number of hydrogen-bond acceptors (Lipinski definition) is 7. The quantitative estimate of drug-likeness (QED) is 0.363. The molecule has 1 aliphatic rings. The van der Waals surface area contributed by atoms with Crippen molar-refractivity contribution in [3.63, 3.8) is 0 Å². The molecule has 0 atom stereocenters. The molecular formula is C26H35N5O4S2. The number of nitrogens with one attached hydrogen (secondary N) is 3. The second-order valence-electron chi connectivity index (χ2n) is 10.7. The normalized spacial score (nSPS) is 18.6. The minimum absolute atomic E-state index is 0.0946. The molecule has 1 amide bonds. The van der Waals surface area contributed by atoms with Gasteiger partial charge in [0.1, 0.15) is 0 Å². The summed E-state index contributed by atoms with van der Waals surface area (Å²) in [6.07, 6.45) is 6.38. The average molecular weight is 546 g/mol. The van der Waals surface area contributed by atoms with Crippen molar-refractivity contribution in [1.29, 1.82) is 0 Å². The summed E-state index contributed by atoms with van der Waals surface area (Å²) in [6.45, 7) is 9.12. The number of amides is 1. The lowest BCUT2D eigenvalue weighted by atomic mass is 9.86. The van der Waals surface area contributed by atoms with E-state index in [0.29, 0.717) is 5.56 Å². The highest BCUT2D eigenvalue weighted by Crippen LogP contribution is 2.40. The highest BCUT2D eigenvalue weighted by molar-refractivity contribution is 7.89. The molecule has 1 saturated carbocycles. The number of aromatic nitrogens is 3. The Morgan fingerprint density at radius 2 is 1.89 bits per heavy atom. The number of benzene rings is 1. The Balaban J connectivity index is 1.56. The third-order valence-electron chi connectivity index (χ3n) is 6.05. The van der Waals surface area contributed by atoms with Gasteiger partial charge in [-0.05, 0) is 72.4 Å². The van der Waals surface area contributed by atoms with Crippen molar-refractivity contribution in [2.24, 2.45) is 0 Å². The van der Waals surface area contributed by atoms with Crippen LogP contribution in [0.4, 0.5) is 4.79 Å². The number of alkyl carbamates (subject to hydrolysis) is 1. The van der Waals surface area contributed by atoms with Gasteiger partial charge >= 0.3 is 6.09 Å². The monoisotopic (exact) mass is 545 g/mol. The molecule has 0 radical (unpaired) electrons. The third-order valence-corrected chi connectivity index (χ3v) is 9.04. The van der Waals surface area contributed by atoms with Crippen LogP contribution in [0, 0.1) is 0 Å². The number of hydrogen-bond donors (Lipinski definition) is 3. The fraction of sp³-hybridized carbons (Fsp3) is 0.500. The first kappa shape index (κ1) is 27.3. The Labute approximate surface area is 222 Å². The highest BCUT2D eigenvalue weighted by Gasteiger charge is 2.29. The summed E-state index contributed by atoms with van der Waals surface area (Å²) in [5, 5.41) is 10.8. The number of ether oxygens (including phenoxy) is 1. The van der Waals surface area contributed by atoms with E-state index in [0.717, 1.165) is 46.8 Å². The topological polar surface area (TPSA) is 126 Å². The van der Waals surface area contributed by atoms with Crippen molar-refractivity contribution < 1.29 is 17.9 Å². The number of H-pyrrole nitrogens is 1. The van der Waals surface area contributed by atoms with Gasteiger partial charge in [0.05, 0.1) is 26.6 Å². The Bertz CT molecular complexity index is 1320.